The summed E-state index contributed by atoms with van der Waals surface area (Å²) in [6.45, 7) is 1.63. The summed E-state index contributed by atoms with van der Waals surface area (Å²) in [7, 11) is -3.50. The molecule has 0 saturated carbocycles. The van der Waals surface area contributed by atoms with Gasteiger partial charge < -0.3 is 4.74 Å². The second-order valence-corrected chi connectivity index (χ2v) is 10.5. The highest BCUT2D eigenvalue weighted by Crippen LogP contribution is 2.30. The Morgan fingerprint density at radius 3 is 2.74 bits per heavy atom. The van der Waals surface area contributed by atoms with E-state index in [-0.39, 0.29) is 4.90 Å². The Balaban J connectivity index is 1.39. The Bertz CT molecular complexity index is 979. The van der Waals surface area contributed by atoms with Crippen LogP contribution in [-0.2, 0) is 20.5 Å². The van der Waals surface area contributed by atoms with Gasteiger partial charge in [-0.05, 0) is 23.6 Å². The van der Waals surface area contributed by atoms with Gasteiger partial charge in [-0.15, -0.1) is 34.4 Å². The van der Waals surface area contributed by atoms with E-state index in [0.717, 1.165) is 15.7 Å². The van der Waals surface area contributed by atoms with E-state index in [9.17, 15) is 8.42 Å². The monoisotopic (exact) mass is 439 g/mol. The SMILES string of the molecule is O=S(=O)(c1ccc(SCc2csc(-c3cccs3)n2)nc1)N1CCOCC1. The van der Waals surface area contributed by atoms with E-state index < -0.39 is 10.0 Å². The minimum absolute atomic E-state index is 0.224. The predicted octanol–water partition coefficient (Wildman–Crippen LogP) is 3.58. The molecule has 0 bridgehead atoms. The predicted molar refractivity (Wildman–Crippen MR) is 109 cm³/mol. The van der Waals surface area contributed by atoms with Crippen molar-refractivity contribution in [2.45, 2.75) is 15.7 Å². The number of hydrogen-bond acceptors (Lipinski definition) is 8. The molecule has 27 heavy (non-hydrogen) atoms. The van der Waals surface area contributed by atoms with E-state index in [4.69, 9.17) is 4.74 Å². The van der Waals surface area contributed by atoms with Crippen LogP contribution in [0.1, 0.15) is 5.69 Å². The fourth-order valence-corrected chi connectivity index (χ4v) is 6.40. The van der Waals surface area contributed by atoms with Gasteiger partial charge >= 0.3 is 0 Å². The third-order valence-corrected chi connectivity index (χ3v) is 8.76. The van der Waals surface area contributed by atoms with Crippen molar-refractivity contribution in [2.24, 2.45) is 0 Å². The third-order valence-electron chi connectivity index (χ3n) is 3.97. The van der Waals surface area contributed by atoms with Gasteiger partial charge in [-0.25, -0.2) is 18.4 Å². The minimum atomic E-state index is -3.50. The molecule has 0 atom stereocenters. The lowest BCUT2D eigenvalue weighted by Crippen LogP contribution is -2.40. The zero-order valence-electron chi connectivity index (χ0n) is 14.3. The average molecular weight is 440 g/mol. The normalized spacial score (nSPS) is 15.9. The summed E-state index contributed by atoms with van der Waals surface area (Å²) in [4.78, 5) is 10.4. The number of ether oxygens (including phenoxy) is 1. The van der Waals surface area contributed by atoms with Crippen molar-refractivity contribution in [1.82, 2.24) is 14.3 Å². The lowest BCUT2D eigenvalue weighted by Gasteiger charge is -2.25. The maximum atomic E-state index is 12.6. The van der Waals surface area contributed by atoms with E-state index in [1.807, 2.05) is 11.4 Å². The van der Waals surface area contributed by atoms with Crippen molar-refractivity contribution in [3.63, 3.8) is 0 Å². The molecule has 0 spiro atoms. The number of thiazole rings is 1. The van der Waals surface area contributed by atoms with Gasteiger partial charge in [-0.3, -0.25) is 0 Å². The third kappa shape index (κ3) is 4.41. The second kappa shape index (κ2) is 8.38. The highest BCUT2D eigenvalue weighted by Gasteiger charge is 2.26. The largest absolute Gasteiger partial charge is 0.379 e. The first kappa shape index (κ1) is 19.0. The molecule has 142 valence electrons. The zero-order valence-corrected chi connectivity index (χ0v) is 17.5. The number of hydrogen-bond donors (Lipinski definition) is 0. The first-order chi connectivity index (χ1) is 13.1. The fraction of sp³-hybridized carbons (Fsp3) is 0.294. The standard InChI is InChI=1S/C17H17N3O3S4/c21-27(22,20-5-7-23-8-6-20)14-3-4-16(18-10-14)25-11-13-12-26-17(19-13)15-2-1-9-24-15/h1-4,9-10,12H,5-8,11H2. The number of sulfonamides is 1. The van der Waals surface area contributed by atoms with Gasteiger partial charge in [-0.1, -0.05) is 6.07 Å². The molecule has 1 fully saturated rings. The van der Waals surface area contributed by atoms with Crippen LogP contribution in [0.25, 0.3) is 9.88 Å². The van der Waals surface area contributed by atoms with E-state index >= 15 is 0 Å². The molecule has 0 unspecified atom stereocenters. The molecule has 3 aromatic heterocycles. The highest BCUT2D eigenvalue weighted by molar-refractivity contribution is 7.98. The van der Waals surface area contributed by atoms with Crippen LogP contribution in [-0.4, -0.2) is 49.0 Å². The molecule has 3 aromatic rings. The van der Waals surface area contributed by atoms with E-state index in [2.05, 4.69) is 21.4 Å². The molecule has 4 rings (SSSR count). The first-order valence-electron chi connectivity index (χ1n) is 8.28. The number of aromatic nitrogens is 2. The van der Waals surface area contributed by atoms with Gasteiger partial charge in [-0.2, -0.15) is 4.31 Å². The first-order valence-corrected chi connectivity index (χ1v) is 12.5. The van der Waals surface area contributed by atoms with Crippen molar-refractivity contribution >= 4 is 44.5 Å². The highest BCUT2D eigenvalue weighted by atomic mass is 32.2. The molecule has 4 heterocycles. The Labute approximate surface area is 170 Å². The molecule has 0 radical (unpaired) electrons. The average Bonchev–Trinajstić information content (AvgIpc) is 3.39. The molecule has 0 aromatic carbocycles. The molecule has 1 saturated heterocycles. The lowest BCUT2D eigenvalue weighted by atomic mass is 10.5. The summed E-state index contributed by atoms with van der Waals surface area (Å²) in [5.74, 6) is 0.699. The van der Waals surface area contributed by atoms with E-state index in [1.54, 1.807) is 46.6 Å². The van der Waals surface area contributed by atoms with E-state index in [0.29, 0.717) is 32.1 Å². The van der Waals surface area contributed by atoms with Gasteiger partial charge in [0, 0.05) is 30.4 Å². The summed E-state index contributed by atoms with van der Waals surface area (Å²) >= 11 is 4.86. The maximum absolute atomic E-state index is 12.6. The number of morpholine rings is 1. The molecule has 0 aliphatic carbocycles. The van der Waals surface area contributed by atoms with Crippen LogP contribution in [0.5, 0.6) is 0 Å². The Hall–Kier alpha value is -1.30. The minimum Gasteiger partial charge on any atom is -0.379 e. The van der Waals surface area contributed by atoms with Crippen LogP contribution < -0.4 is 0 Å². The van der Waals surface area contributed by atoms with Crippen molar-refractivity contribution in [3.8, 4) is 9.88 Å². The van der Waals surface area contributed by atoms with Gasteiger partial charge in [0.25, 0.3) is 0 Å². The van der Waals surface area contributed by atoms with Gasteiger partial charge in [0.05, 0.1) is 28.8 Å². The second-order valence-electron chi connectivity index (χ2n) is 5.76. The van der Waals surface area contributed by atoms with E-state index in [1.165, 1.54) is 15.4 Å². The number of thioether (sulfide) groups is 1. The van der Waals surface area contributed by atoms with Crippen LogP contribution in [0.2, 0.25) is 0 Å². The number of rotatable bonds is 6. The maximum Gasteiger partial charge on any atom is 0.244 e. The zero-order chi connectivity index (χ0) is 18.7. The van der Waals surface area contributed by atoms with Gasteiger partial charge in [0.1, 0.15) is 9.90 Å². The molecule has 6 nitrogen and oxygen atoms in total. The number of thiophene rings is 1. The molecular weight excluding hydrogens is 422 g/mol. The number of nitrogens with zero attached hydrogens (tertiary/aromatic N) is 3. The summed E-state index contributed by atoms with van der Waals surface area (Å²) in [6.07, 6.45) is 1.44. The summed E-state index contributed by atoms with van der Waals surface area (Å²) in [5.41, 5.74) is 1.00. The van der Waals surface area contributed by atoms with Crippen molar-refractivity contribution in [1.29, 1.82) is 0 Å². The lowest BCUT2D eigenvalue weighted by molar-refractivity contribution is 0.0730. The molecule has 10 heteroatoms. The number of pyridine rings is 1. The van der Waals surface area contributed by atoms with Crippen molar-refractivity contribution < 1.29 is 13.2 Å². The van der Waals surface area contributed by atoms with Crippen LogP contribution in [0, 0.1) is 0 Å². The van der Waals surface area contributed by atoms with Crippen LogP contribution in [0.4, 0.5) is 0 Å². The summed E-state index contributed by atoms with van der Waals surface area (Å²) in [6, 6.07) is 7.46. The van der Waals surface area contributed by atoms with Crippen LogP contribution in [0.15, 0.2) is 51.1 Å². The Morgan fingerprint density at radius 1 is 1.19 bits per heavy atom. The van der Waals surface area contributed by atoms with Gasteiger partial charge in [0.2, 0.25) is 10.0 Å². The Kier molecular flexibility index (Phi) is 5.90. The molecule has 1 aliphatic rings. The Morgan fingerprint density at radius 2 is 2.04 bits per heavy atom. The molecular formula is C17H17N3O3S4. The summed E-state index contributed by atoms with van der Waals surface area (Å²) < 4.78 is 31.9. The van der Waals surface area contributed by atoms with Crippen molar-refractivity contribution in [3.05, 3.63) is 46.9 Å². The van der Waals surface area contributed by atoms with Crippen LogP contribution in [0.3, 0.4) is 0 Å². The molecule has 0 N–H and O–H groups in total. The fourth-order valence-electron chi connectivity index (χ4n) is 2.58. The molecule has 1 aliphatic heterocycles. The quantitative estimate of drug-likeness (QED) is 0.547. The van der Waals surface area contributed by atoms with Gasteiger partial charge in [0.15, 0.2) is 0 Å². The molecule has 0 amide bonds. The topological polar surface area (TPSA) is 72.4 Å². The smallest absolute Gasteiger partial charge is 0.244 e. The van der Waals surface area contributed by atoms with Crippen LogP contribution >= 0.6 is 34.4 Å². The van der Waals surface area contributed by atoms with Crippen molar-refractivity contribution in [2.75, 3.05) is 26.3 Å². The summed E-state index contributed by atoms with van der Waals surface area (Å²) in [5, 5.41) is 5.91.